The van der Waals surface area contributed by atoms with E-state index < -0.39 is 0 Å². The van der Waals surface area contributed by atoms with Gasteiger partial charge in [0.25, 0.3) is 0 Å². The maximum absolute atomic E-state index is 3.58. The third-order valence-corrected chi connectivity index (χ3v) is 5.28. The maximum Gasteiger partial charge on any atom is 0.0485 e. The molecule has 0 radical (unpaired) electrons. The van der Waals surface area contributed by atoms with E-state index in [1.807, 2.05) is 6.07 Å². The molecule has 0 atom stereocenters. The Balaban J connectivity index is 1.73. The van der Waals surface area contributed by atoms with E-state index in [1.165, 1.54) is 31.4 Å². The van der Waals surface area contributed by atoms with Crippen molar-refractivity contribution in [1.82, 2.24) is 4.90 Å². The van der Waals surface area contributed by atoms with Gasteiger partial charge in [-0.3, -0.25) is 0 Å². The monoisotopic (exact) mass is 338 g/mol. The third kappa shape index (κ3) is 4.49. The standard InChI is InChI=1S/C17H27BrN2/c1-17(2)10-8-14(9-11-17)20(3)13-12-19-16-7-5-4-6-15(16)18/h4-7,14,19H,8-13H2,1-3H3. The number of benzene rings is 1. The van der Waals surface area contributed by atoms with Gasteiger partial charge in [0.2, 0.25) is 0 Å². The first-order chi connectivity index (χ1) is 9.48. The predicted molar refractivity (Wildman–Crippen MR) is 91.3 cm³/mol. The second kappa shape index (κ2) is 6.95. The Morgan fingerprint density at radius 3 is 2.55 bits per heavy atom. The SMILES string of the molecule is CN(CCNc1ccccc1Br)C1CCC(C)(C)CC1. The predicted octanol–water partition coefficient (Wildman–Crippen LogP) is 4.76. The number of anilines is 1. The first-order valence-corrected chi connectivity index (χ1v) is 8.46. The summed E-state index contributed by atoms with van der Waals surface area (Å²) in [6.07, 6.45) is 5.41. The Labute approximate surface area is 132 Å². The van der Waals surface area contributed by atoms with Gasteiger partial charge in [-0.05, 0) is 66.2 Å². The number of hydrogen-bond acceptors (Lipinski definition) is 2. The fourth-order valence-corrected chi connectivity index (χ4v) is 3.40. The number of halogens is 1. The van der Waals surface area contributed by atoms with Crippen LogP contribution in [0.1, 0.15) is 39.5 Å². The molecule has 0 saturated heterocycles. The second-order valence-corrected chi connectivity index (χ2v) is 7.64. The molecule has 3 heteroatoms. The average molecular weight is 339 g/mol. The first kappa shape index (κ1) is 15.8. The third-order valence-electron chi connectivity index (χ3n) is 4.59. The van der Waals surface area contributed by atoms with Crippen molar-refractivity contribution < 1.29 is 0 Å². The van der Waals surface area contributed by atoms with Crippen LogP contribution in [0.5, 0.6) is 0 Å². The molecule has 0 unspecified atom stereocenters. The minimum Gasteiger partial charge on any atom is -0.383 e. The Kier molecular flexibility index (Phi) is 5.50. The van der Waals surface area contributed by atoms with Crippen molar-refractivity contribution in [3.63, 3.8) is 0 Å². The number of likely N-dealkylation sites (N-methyl/N-ethyl adjacent to an activating group) is 1. The van der Waals surface area contributed by atoms with Crippen LogP contribution < -0.4 is 5.32 Å². The highest BCUT2D eigenvalue weighted by molar-refractivity contribution is 9.10. The summed E-state index contributed by atoms with van der Waals surface area (Å²) in [6.45, 7) is 6.90. The van der Waals surface area contributed by atoms with Gasteiger partial charge >= 0.3 is 0 Å². The van der Waals surface area contributed by atoms with Crippen LogP contribution in [0.4, 0.5) is 5.69 Å². The smallest absolute Gasteiger partial charge is 0.0485 e. The molecule has 2 rings (SSSR count). The zero-order chi connectivity index (χ0) is 14.6. The van der Waals surface area contributed by atoms with E-state index in [0.717, 1.165) is 23.6 Å². The largest absolute Gasteiger partial charge is 0.383 e. The van der Waals surface area contributed by atoms with Gasteiger partial charge in [0.1, 0.15) is 0 Å². The molecule has 0 aromatic heterocycles. The summed E-state index contributed by atoms with van der Waals surface area (Å²) in [6, 6.07) is 9.08. The molecule has 1 aromatic carbocycles. The van der Waals surface area contributed by atoms with Crippen molar-refractivity contribution in [2.75, 3.05) is 25.5 Å². The number of para-hydroxylation sites is 1. The van der Waals surface area contributed by atoms with Gasteiger partial charge in [-0.2, -0.15) is 0 Å². The van der Waals surface area contributed by atoms with Crippen LogP contribution >= 0.6 is 15.9 Å². The fraction of sp³-hybridized carbons (Fsp3) is 0.647. The first-order valence-electron chi connectivity index (χ1n) is 7.67. The minimum absolute atomic E-state index is 0.560. The van der Waals surface area contributed by atoms with E-state index in [0.29, 0.717) is 5.41 Å². The van der Waals surface area contributed by atoms with Gasteiger partial charge in [0.15, 0.2) is 0 Å². The topological polar surface area (TPSA) is 15.3 Å². The fourth-order valence-electron chi connectivity index (χ4n) is 2.98. The zero-order valence-electron chi connectivity index (χ0n) is 13.0. The van der Waals surface area contributed by atoms with Crippen LogP contribution in [0.3, 0.4) is 0 Å². The van der Waals surface area contributed by atoms with E-state index >= 15 is 0 Å². The summed E-state index contributed by atoms with van der Waals surface area (Å²) in [5.41, 5.74) is 1.75. The summed E-state index contributed by atoms with van der Waals surface area (Å²) >= 11 is 3.58. The van der Waals surface area contributed by atoms with E-state index in [-0.39, 0.29) is 0 Å². The van der Waals surface area contributed by atoms with Crippen molar-refractivity contribution in [2.24, 2.45) is 5.41 Å². The van der Waals surface area contributed by atoms with Crippen LogP contribution in [0.25, 0.3) is 0 Å². The van der Waals surface area contributed by atoms with Crippen LogP contribution in [0.2, 0.25) is 0 Å². The van der Waals surface area contributed by atoms with Gasteiger partial charge in [-0.1, -0.05) is 26.0 Å². The summed E-state index contributed by atoms with van der Waals surface area (Å²) in [4.78, 5) is 2.53. The van der Waals surface area contributed by atoms with E-state index in [4.69, 9.17) is 0 Å². The molecule has 20 heavy (non-hydrogen) atoms. The minimum atomic E-state index is 0.560. The number of nitrogens with one attached hydrogen (secondary N) is 1. The number of nitrogens with zero attached hydrogens (tertiary/aromatic N) is 1. The Morgan fingerprint density at radius 1 is 1.25 bits per heavy atom. The highest BCUT2D eigenvalue weighted by Gasteiger charge is 2.28. The van der Waals surface area contributed by atoms with Gasteiger partial charge in [0.05, 0.1) is 0 Å². The molecule has 0 spiro atoms. The van der Waals surface area contributed by atoms with Crippen LogP contribution in [-0.2, 0) is 0 Å². The molecule has 1 aliphatic carbocycles. The molecule has 0 heterocycles. The summed E-state index contributed by atoms with van der Waals surface area (Å²) in [5, 5.41) is 3.51. The Hall–Kier alpha value is -0.540. The molecule has 0 amide bonds. The molecule has 1 fully saturated rings. The quantitative estimate of drug-likeness (QED) is 0.832. The van der Waals surface area contributed by atoms with Gasteiger partial charge in [0, 0.05) is 29.3 Å². The lowest BCUT2D eigenvalue weighted by Crippen LogP contribution is -2.39. The van der Waals surface area contributed by atoms with E-state index in [9.17, 15) is 0 Å². The molecule has 1 saturated carbocycles. The molecule has 1 aromatic rings. The van der Waals surface area contributed by atoms with Crippen LogP contribution in [-0.4, -0.2) is 31.1 Å². The van der Waals surface area contributed by atoms with Crippen LogP contribution in [0, 0.1) is 5.41 Å². The van der Waals surface area contributed by atoms with E-state index in [1.54, 1.807) is 0 Å². The van der Waals surface area contributed by atoms with Crippen molar-refractivity contribution >= 4 is 21.6 Å². The normalized spacial score (nSPS) is 19.2. The lowest BCUT2D eigenvalue weighted by atomic mass is 9.75. The summed E-state index contributed by atoms with van der Waals surface area (Å²) in [5.74, 6) is 0. The molecule has 2 nitrogen and oxygen atoms in total. The van der Waals surface area contributed by atoms with Gasteiger partial charge in [-0.15, -0.1) is 0 Å². The molecular formula is C17H27BrN2. The zero-order valence-corrected chi connectivity index (χ0v) is 14.5. The Morgan fingerprint density at radius 2 is 1.90 bits per heavy atom. The van der Waals surface area contributed by atoms with E-state index in [2.05, 4.69) is 65.2 Å². The maximum atomic E-state index is 3.58. The summed E-state index contributed by atoms with van der Waals surface area (Å²) < 4.78 is 1.14. The van der Waals surface area contributed by atoms with Crippen molar-refractivity contribution in [3.8, 4) is 0 Å². The van der Waals surface area contributed by atoms with Crippen molar-refractivity contribution in [3.05, 3.63) is 28.7 Å². The molecular weight excluding hydrogens is 312 g/mol. The van der Waals surface area contributed by atoms with Crippen molar-refractivity contribution in [1.29, 1.82) is 0 Å². The number of hydrogen-bond donors (Lipinski definition) is 1. The molecule has 0 aliphatic heterocycles. The Bertz CT molecular complexity index is 421. The van der Waals surface area contributed by atoms with Crippen LogP contribution in [0.15, 0.2) is 28.7 Å². The molecule has 0 bridgehead atoms. The highest BCUT2D eigenvalue weighted by Crippen LogP contribution is 2.36. The number of rotatable bonds is 5. The van der Waals surface area contributed by atoms with Gasteiger partial charge < -0.3 is 10.2 Å². The highest BCUT2D eigenvalue weighted by atomic mass is 79.9. The van der Waals surface area contributed by atoms with Gasteiger partial charge in [-0.25, -0.2) is 0 Å². The lowest BCUT2D eigenvalue weighted by Gasteiger charge is -2.38. The van der Waals surface area contributed by atoms with Crippen molar-refractivity contribution in [2.45, 2.75) is 45.6 Å². The second-order valence-electron chi connectivity index (χ2n) is 6.78. The molecule has 1 aliphatic rings. The molecule has 112 valence electrons. The summed E-state index contributed by atoms with van der Waals surface area (Å²) in [7, 11) is 2.27. The molecule has 1 N–H and O–H groups in total. The average Bonchev–Trinajstić information content (AvgIpc) is 2.40. The lowest BCUT2D eigenvalue weighted by molar-refractivity contribution is 0.131.